The number of ether oxygens (including phenoxy) is 1. The van der Waals surface area contributed by atoms with Crippen molar-refractivity contribution >= 4 is 35.0 Å². The number of thioether (sulfide) groups is 1. The van der Waals surface area contributed by atoms with Crippen LogP contribution in [0.25, 0.3) is 0 Å². The van der Waals surface area contributed by atoms with Crippen LogP contribution in [0.15, 0.2) is 78.9 Å². The van der Waals surface area contributed by atoms with Gasteiger partial charge in [0, 0.05) is 23.0 Å². The minimum Gasteiger partial charge on any atom is -0.497 e. The molecule has 1 aliphatic heterocycles. The van der Waals surface area contributed by atoms with Crippen molar-refractivity contribution in [2.24, 2.45) is 0 Å². The fourth-order valence-electron chi connectivity index (χ4n) is 3.27. The zero-order valence-corrected chi connectivity index (χ0v) is 16.7. The molecule has 2 amide bonds. The number of benzene rings is 3. The fraction of sp³-hybridized carbons (Fsp3) is 0.130. The summed E-state index contributed by atoms with van der Waals surface area (Å²) in [6, 6.07) is 24.2. The molecule has 3 aromatic rings. The van der Waals surface area contributed by atoms with Gasteiger partial charge >= 0.3 is 0 Å². The Morgan fingerprint density at radius 1 is 1.03 bits per heavy atom. The van der Waals surface area contributed by atoms with Crippen LogP contribution in [-0.2, 0) is 4.79 Å². The van der Waals surface area contributed by atoms with Gasteiger partial charge in [-0.15, -0.1) is 11.8 Å². The van der Waals surface area contributed by atoms with Gasteiger partial charge in [-0.25, -0.2) is 0 Å². The van der Waals surface area contributed by atoms with E-state index in [9.17, 15) is 9.59 Å². The zero-order valence-electron chi connectivity index (χ0n) is 15.9. The third-order valence-corrected chi connectivity index (χ3v) is 5.88. The topological polar surface area (TPSA) is 58.6 Å². The van der Waals surface area contributed by atoms with Crippen LogP contribution >= 0.6 is 11.8 Å². The van der Waals surface area contributed by atoms with Gasteiger partial charge < -0.3 is 10.1 Å². The molecule has 4 rings (SSSR count). The first kappa shape index (κ1) is 19.1. The normalized spacial score (nSPS) is 16.0. The van der Waals surface area contributed by atoms with Gasteiger partial charge in [-0.1, -0.05) is 36.4 Å². The van der Waals surface area contributed by atoms with E-state index in [4.69, 9.17) is 4.74 Å². The summed E-state index contributed by atoms with van der Waals surface area (Å²) in [7, 11) is 1.61. The van der Waals surface area contributed by atoms with Crippen molar-refractivity contribution < 1.29 is 14.3 Å². The Balaban J connectivity index is 1.59. The van der Waals surface area contributed by atoms with Crippen LogP contribution in [0, 0.1) is 0 Å². The quantitative estimate of drug-likeness (QED) is 0.668. The van der Waals surface area contributed by atoms with E-state index < -0.39 is 0 Å². The Labute approximate surface area is 173 Å². The number of methoxy groups -OCH3 is 1. The van der Waals surface area contributed by atoms with Gasteiger partial charge in [-0.2, -0.15) is 0 Å². The van der Waals surface area contributed by atoms with E-state index in [2.05, 4.69) is 5.32 Å². The molecule has 6 heteroatoms. The van der Waals surface area contributed by atoms with Gasteiger partial charge in [-0.3, -0.25) is 14.5 Å². The van der Waals surface area contributed by atoms with Gasteiger partial charge in [0.2, 0.25) is 5.91 Å². The van der Waals surface area contributed by atoms with Gasteiger partial charge in [0.1, 0.15) is 11.1 Å². The van der Waals surface area contributed by atoms with E-state index in [-0.39, 0.29) is 17.2 Å². The summed E-state index contributed by atoms with van der Waals surface area (Å²) < 4.78 is 5.30. The lowest BCUT2D eigenvalue weighted by Crippen LogP contribution is -2.27. The Kier molecular flexibility index (Phi) is 5.53. The molecule has 1 saturated heterocycles. The Morgan fingerprint density at radius 3 is 2.62 bits per heavy atom. The monoisotopic (exact) mass is 404 g/mol. The second-order valence-corrected chi connectivity index (χ2v) is 7.64. The molecule has 29 heavy (non-hydrogen) atoms. The molecule has 0 aromatic heterocycles. The molecule has 1 unspecified atom stereocenters. The smallest absolute Gasteiger partial charge is 0.255 e. The first-order chi connectivity index (χ1) is 14.2. The summed E-state index contributed by atoms with van der Waals surface area (Å²) >= 11 is 1.57. The highest BCUT2D eigenvalue weighted by Gasteiger charge is 2.34. The predicted molar refractivity (Wildman–Crippen MR) is 117 cm³/mol. The lowest BCUT2D eigenvalue weighted by molar-refractivity contribution is -0.115. The summed E-state index contributed by atoms with van der Waals surface area (Å²) in [6.45, 7) is 0. The number of carbonyl (C=O) groups is 2. The van der Waals surface area contributed by atoms with Gasteiger partial charge in [-0.05, 0) is 42.0 Å². The molecule has 0 bridgehead atoms. The molecule has 1 atom stereocenters. The molecule has 1 heterocycles. The van der Waals surface area contributed by atoms with E-state index in [1.165, 1.54) is 0 Å². The highest BCUT2D eigenvalue weighted by atomic mass is 32.2. The molecule has 1 N–H and O–H groups in total. The van der Waals surface area contributed by atoms with Crippen LogP contribution in [-0.4, -0.2) is 24.7 Å². The summed E-state index contributed by atoms with van der Waals surface area (Å²) in [4.78, 5) is 26.8. The number of amides is 2. The molecule has 0 radical (unpaired) electrons. The SMILES string of the molecule is COc1cccc(N2C(=O)CSC2c2cccc(NC(=O)c3ccccc3)c2)c1. The third-order valence-electron chi connectivity index (χ3n) is 4.66. The molecule has 0 saturated carbocycles. The Hall–Kier alpha value is -3.25. The van der Waals surface area contributed by atoms with Crippen LogP contribution in [0.4, 0.5) is 11.4 Å². The molecular formula is C23H20N2O3S. The van der Waals surface area contributed by atoms with Crippen molar-refractivity contribution in [3.05, 3.63) is 90.0 Å². The second-order valence-electron chi connectivity index (χ2n) is 6.57. The first-order valence-electron chi connectivity index (χ1n) is 9.20. The molecule has 0 spiro atoms. The zero-order chi connectivity index (χ0) is 20.2. The number of nitrogens with zero attached hydrogens (tertiary/aromatic N) is 1. The van der Waals surface area contributed by atoms with E-state index >= 15 is 0 Å². The van der Waals surface area contributed by atoms with Crippen molar-refractivity contribution in [1.82, 2.24) is 0 Å². The number of anilines is 2. The molecule has 0 aliphatic carbocycles. The summed E-state index contributed by atoms with van der Waals surface area (Å²) in [6.07, 6.45) is 0. The number of hydrogen-bond donors (Lipinski definition) is 1. The van der Waals surface area contributed by atoms with Crippen LogP contribution in [0.5, 0.6) is 5.75 Å². The molecule has 3 aromatic carbocycles. The maximum Gasteiger partial charge on any atom is 0.255 e. The van der Waals surface area contributed by atoms with E-state index in [1.807, 2.05) is 66.7 Å². The van der Waals surface area contributed by atoms with Crippen LogP contribution < -0.4 is 15.0 Å². The van der Waals surface area contributed by atoms with Crippen molar-refractivity contribution in [1.29, 1.82) is 0 Å². The summed E-state index contributed by atoms with van der Waals surface area (Å²) in [5.41, 5.74) is 3.04. The van der Waals surface area contributed by atoms with Gasteiger partial charge in [0.15, 0.2) is 0 Å². The minimum absolute atomic E-state index is 0.0481. The summed E-state index contributed by atoms with van der Waals surface area (Å²) in [5.74, 6) is 0.993. The van der Waals surface area contributed by atoms with Crippen LogP contribution in [0.3, 0.4) is 0 Å². The third kappa shape index (κ3) is 4.12. The molecule has 146 valence electrons. The maximum atomic E-state index is 12.6. The van der Waals surface area contributed by atoms with Crippen LogP contribution in [0.2, 0.25) is 0 Å². The van der Waals surface area contributed by atoms with Gasteiger partial charge in [0.05, 0.1) is 12.9 Å². The lowest BCUT2D eigenvalue weighted by Gasteiger charge is -2.25. The van der Waals surface area contributed by atoms with Crippen molar-refractivity contribution in [3.8, 4) is 5.75 Å². The number of nitrogens with one attached hydrogen (secondary N) is 1. The van der Waals surface area contributed by atoms with E-state index in [0.717, 1.165) is 11.3 Å². The van der Waals surface area contributed by atoms with Gasteiger partial charge in [0.25, 0.3) is 5.91 Å². The number of rotatable bonds is 5. The van der Waals surface area contributed by atoms with Crippen LogP contribution in [0.1, 0.15) is 21.3 Å². The van der Waals surface area contributed by atoms with Crippen molar-refractivity contribution in [3.63, 3.8) is 0 Å². The van der Waals surface area contributed by atoms with Crippen molar-refractivity contribution in [2.45, 2.75) is 5.37 Å². The number of hydrogen-bond acceptors (Lipinski definition) is 4. The average molecular weight is 404 g/mol. The Morgan fingerprint density at radius 2 is 1.83 bits per heavy atom. The molecule has 1 aliphatic rings. The molecule has 1 fully saturated rings. The number of carbonyl (C=O) groups excluding carboxylic acids is 2. The summed E-state index contributed by atoms with van der Waals surface area (Å²) in [5, 5.41) is 2.77. The second kappa shape index (κ2) is 8.41. The average Bonchev–Trinajstić information content (AvgIpc) is 3.16. The van der Waals surface area contributed by atoms with E-state index in [0.29, 0.717) is 22.8 Å². The Bertz CT molecular complexity index is 1040. The van der Waals surface area contributed by atoms with E-state index in [1.54, 1.807) is 35.9 Å². The molecular weight excluding hydrogens is 384 g/mol. The lowest BCUT2D eigenvalue weighted by atomic mass is 10.1. The standard InChI is InChI=1S/C23H20N2O3S/c1-28-20-12-6-11-19(14-20)25-21(26)15-29-23(25)17-9-5-10-18(13-17)24-22(27)16-7-3-2-4-8-16/h2-14,23H,15H2,1H3,(H,24,27). The highest BCUT2D eigenvalue weighted by Crippen LogP contribution is 2.42. The predicted octanol–water partition coefficient (Wildman–Crippen LogP) is 4.73. The molecule has 5 nitrogen and oxygen atoms in total. The largest absolute Gasteiger partial charge is 0.497 e. The fourth-order valence-corrected chi connectivity index (χ4v) is 4.44. The first-order valence-corrected chi connectivity index (χ1v) is 10.2. The minimum atomic E-state index is -0.164. The maximum absolute atomic E-state index is 12.6. The highest BCUT2D eigenvalue weighted by molar-refractivity contribution is 8.00. The van der Waals surface area contributed by atoms with Crippen molar-refractivity contribution in [2.75, 3.05) is 23.1 Å².